The van der Waals surface area contributed by atoms with Gasteiger partial charge in [-0.05, 0) is 64.0 Å². The fraction of sp³-hybridized carbons (Fsp3) is 1.00. The van der Waals surface area contributed by atoms with E-state index in [0.717, 1.165) is 38.1 Å². The monoisotopic (exact) mass is 296 g/mol. The summed E-state index contributed by atoms with van der Waals surface area (Å²) < 4.78 is 5.83. The lowest BCUT2D eigenvalue weighted by atomic mass is 9.80. The predicted molar refractivity (Wildman–Crippen MR) is 89.7 cm³/mol. The molecule has 3 nitrogen and oxygen atoms in total. The van der Waals surface area contributed by atoms with Crippen LogP contribution in [0.4, 0.5) is 0 Å². The van der Waals surface area contributed by atoms with Crippen molar-refractivity contribution in [3.05, 3.63) is 0 Å². The third-order valence-corrected chi connectivity index (χ3v) is 5.36. The van der Waals surface area contributed by atoms with E-state index in [0.29, 0.717) is 12.1 Å². The average molecular weight is 296 g/mol. The van der Waals surface area contributed by atoms with Crippen LogP contribution in [0, 0.1) is 11.8 Å². The fourth-order valence-electron chi connectivity index (χ4n) is 3.57. The van der Waals surface area contributed by atoms with Crippen LogP contribution in [-0.4, -0.2) is 50.3 Å². The molecule has 0 saturated heterocycles. The van der Waals surface area contributed by atoms with Crippen LogP contribution in [0.3, 0.4) is 0 Å². The van der Waals surface area contributed by atoms with E-state index in [-0.39, 0.29) is 0 Å². The Morgan fingerprint density at radius 1 is 1.10 bits per heavy atom. The molecule has 0 bridgehead atoms. The molecule has 0 radical (unpaired) electrons. The van der Waals surface area contributed by atoms with Crippen molar-refractivity contribution in [3.8, 4) is 0 Å². The number of rotatable bonds is 10. The molecule has 0 aromatic heterocycles. The second-order valence-corrected chi connectivity index (χ2v) is 7.21. The van der Waals surface area contributed by atoms with Gasteiger partial charge in [-0.2, -0.15) is 0 Å². The molecule has 21 heavy (non-hydrogen) atoms. The zero-order chi connectivity index (χ0) is 15.1. The molecule has 0 aromatic rings. The molecule has 0 spiro atoms. The van der Waals surface area contributed by atoms with Crippen molar-refractivity contribution in [1.29, 1.82) is 0 Å². The third kappa shape index (κ3) is 5.88. The van der Waals surface area contributed by atoms with Gasteiger partial charge in [0, 0.05) is 25.2 Å². The van der Waals surface area contributed by atoms with Crippen LogP contribution in [0.15, 0.2) is 0 Å². The molecule has 0 amide bonds. The summed E-state index contributed by atoms with van der Waals surface area (Å²) >= 11 is 0. The average Bonchev–Trinajstić information content (AvgIpc) is 3.33. The maximum atomic E-state index is 5.83. The number of hydrogen-bond acceptors (Lipinski definition) is 3. The summed E-state index contributed by atoms with van der Waals surface area (Å²) in [6.07, 6.45) is 9.45. The summed E-state index contributed by atoms with van der Waals surface area (Å²) in [5, 5.41) is 3.78. The lowest BCUT2D eigenvalue weighted by Gasteiger charge is -2.41. The summed E-state index contributed by atoms with van der Waals surface area (Å²) in [6.45, 7) is 8.74. The van der Waals surface area contributed by atoms with Crippen molar-refractivity contribution in [3.63, 3.8) is 0 Å². The van der Waals surface area contributed by atoms with Gasteiger partial charge in [-0.25, -0.2) is 0 Å². The lowest BCUT2D eigenvalue weighted by molar-refractivity contribution is 0.0643. The van der Waals surface area contributed by atoms with Crippen molar-refractivity contribution >= 4 is 0 Å². The molecule has 1 N–H and O–H groups in total. The van der Waals surface area contributed by atoms with E-state index in [1.165, 1.54) is 44.9 Å². The first-order valence-electron chi connectivity index (χ1n) is 9.25. The number of nitrogens with one attached hydrogen (secondary N) is 1. The van der Waals surface area contributed by atoms with E-state index < -0.39 is 0 Å². The Morgan fingerprint density at radius 3 is 2.52 bits per heavy atom. The van der Waals surface area contributed by atoms with Crippen LogP contribution in [0.1, 0.15) is 58.8 Å². The van der Waals surface area contributed by atoms with Crippen molar-refractivity contribution < 1.29 is 4.74 Å². The highest BCUT2D eigenvalue weighted by atomic mass is 16.5. The highest BCUT2D eigenvalue weighted by Crippen LogP contribution is 2.30. The van der Waals surface area contributed by atoms with Gasteiger partial charge in [-0.15, -0.1) is 0 Å². The predicted octanol–water partition coefficient (Wildman–Crippen LogP) is 3.29. The standard InChI is InChI=1S/C18H36N2O/c1-4-10-19-17-9-8-15(5-2)13-18(17)20(3)11-12-21-14-16-6-7-16/h15-19H,4-14H2,1-3H3. The zero-order valence-corrected chi connectivity index (χ0v) is 14.4. The minimum absolute atomic E-state index is 0.682. The first kappa shape index (κ1) is 17.2. The maximum absolute atomic E-state index is 5.83. The van der Waals surface area contributed by atoms with E-state index in [1.54, 1.807) is 0 Å². The van der Waals surface area contributed by atoms with Gasteiger partial charge >= 0.3 is 0 Å². The molecule has 3 heteroatoms. The smallest absolute Gasteiger partial charge is 0.0593 e. The molecule has 0 heterocycles. The molecule has 2 aliphatic rings. The van der Waals surface area contributed by atoms with Crippen molar-refractivity contribution in [2.45, 2.75) is 70.9 Å². The third-order valence-electron chi connectivity index (χ3n) is 5.36. The van der Waals surface area contributed by atoms with E-state index in [4.69, 9.17) is 4.74 Å². The first-order valence-corrected chi connectivity index (χ1v) is 9.25. The van der Waals surface area contributed by atoms with Gasteiger partial charge in [-0.1, -0.05) is 20.3 Å². The number of ether oxygens (including phenoxy) is 1. The topological polar surface area (TPSA) is 24.5 Å². The Hall–Kier alpha value is -0.120. The van der Waals surface area contributed by atoms with E-state index in [9.17, 15) is 0 Å². The first-order chi connectivity index (χ1) is 10.2. The normalized spacial score (nSPS) is 30.0. The van der Waals surface area contributed by atoms with Gasteiger partial charge in [0.15, 0.2) is 0 Å². The number of nitrogens with zero attached hydrogens (tertiary/aromatic N) is 1. The molecule has 2 aliphatic carbocycles. The minimum atomic E-state index is 0.682. The highest BCUT2D eigenvalue weighted by Gasteiger charge is 2.31. The molecule has 2 fully saturated rings. The lowest BCUT2D eigenvalue weighted by Crippen LogP contribution is -2.52. The second-order valence-electron chi connectivity index (χ2n) is 7.21. The van der Waals surface area contributed by atoms with Crippen LogP contribution in [0.25, 0.3) is 0 Å². The highest BCUT2D eigenvalue weighted by molar-refractivity contribution is 4.90. The van der Waals surface area contributed by atoms with Crippen LogP contribution in [0.5, 0.6) is 0 Å². The fourth-order valence-corrected chi connectivity index (χ4v) is 3.57. The Bertz CT molecular complexity index is 280. The van der Waals surface area contributed by atoms with Crippen LogP contribution >= 0.6 is 0 Å². The largest absolute Gasteiger partial charge is 0.380 e. The zero-order valence-electron chi connectivity index (χ0n) is 14.4. The minimum Gasteiger partial charge on any atom is -0.380 e. The van der Waals surface area contributed by atoms with Crippen molar-refractivity contribution in [2.75, 3.05) is 33.4 Å². The van der Waals surface area contributed by atoms with Crippen LogP contribution < -0.4 is 5.32 Å². The maximum Gasteiger partial charge on any atom is 0.0593 e. The summed E-state index contributed by atoms with van der Waals surface area (Å²) in [5.41, 5.74) is 0. The van der Waals surface area contributed by atoms with Gasteiger partial charge in [0.25, 0.3) is 0 Å². The van der Waals surface area contributed by atoms with E-state index in [2.05, 4.69) is 31.1 Å². The summed E-state index contributed by atoms with van der Waals surface area (Å²) in [6, 6.07) is 1.38. The molecule has 3 unspecified atom stereocenters. The Labute approximate surface area is 131 Å². The summed E-state index contributed by atoms with van der Waals surface area (Å²) in [7, 11) is 2.30. The molecular formula is C18H36N2O. The summed E-state index contributed by atoms with van der Waals surface area (Å²) in [5.74, 6) is 1.80. The van der Waals surface area contributed by atoms with E-state index in [1.807, 2.05) is 0 Å². The van der Waals surface area contributed by atoms with Gasteiger partial charge in [-0.3, -0.25) is 4.90 Å². The quantitative estimate of drug-likeness (QED) is 0.626. The second kappa shape index (κ2) is 9.12. The molecule has 2 saturated carbocycles. The number of hydrogen-bond donors (Lipinski definition) is 1. The Morgan fingerprint density at radius 2 is 1.86 bits per heavy atom. The molecule has 2 rings (SSSR count). The van der Waals surface area contributed by atoms with Crippen LogP contribution in [-0.2, 0) is 4.74 Å². The van der Waals surface area contributed by atoms with Gasteiger partial charge in [0.2, 0.25) is 0 Å². The molecule has 0 aromatic carbocycles. The molecular weight excluding hydrogens is 260 g/mol. The van der Waals surface area contributed by atoms with Crippen molar-refractivity contribution in [2.24, 2.45) is 11.8 Å². The molecule has 3 atom stereocenters. The van der Waals surface area contributed by atoms with Gasteiger partial charge in [0.1, 0.15) is 0 Å². The number of likely N-dealkylation sites (N-methyl/N-ethyl adjacent to an activating group) is 1. The van der Waals surface area contributed by atoms with Crippen LogP contribution in [0.2, 0.25) is 0 Å². The summed E-state index contributed by atoms with van der Waals surface area (Å²) in [4.78, 5) is 2.56. The van der Waals surface area contributed by atoms with Gasteiger partial charge < -0.3 is 10.1 Å². The Kier molecular flexibility index (Phi) is 7.48. The van der Waals surface area contributed by atoms with Gasteiger partial charge in [0.05, 0.1) is 6.61 Å². The van der Waals surface area contributed by atoms with Crippen molar-refractivity contribution in [1.82, 2.24) is 10.2 Å². The molecule has 0 aliphatic heterocycles. The SMILES string of the molecule is CCCNC1CCC(CC)CC1N(C)CCOCC1CC1. The Balaban J connectivity index is 1.74. The van der Waals surface area contributed by atoms with E-state index >= 15 is 0 Å². The molecule has 124 valence electrons.